The molecule has 4 atom stereocenters. The third kappa shape index (κ3) is 2.34. The normalized spacial score (nSPS) is 30.7. The lowest BCUT2D eigenvalue weighted by molar-refractivity contribution is -0.144. The first-order valence-electron chi connectivity index (χ1n) is 9.87. The van der Waals surface area contributed by atoms with Crippen LogP contribution in [-0.2, 0) is 16.0 Å². The van der Waals surface area contributed by atoms with E-state index in [1.54, 1.807) is 12.1 Å². The fourth-order valence-electron chi connectivity index (χ4n) is 5.24. The standard InChI is InChI=1S/C22H23NO7/c1-3-9-4-5-11-8(2)12-6-10-7-13(24)16(21(23)29)20(28)22(10,30)19(27)15(12)18(26)14(11)17(9)25/h4-5,8,10,12,24-25,27,30H,3,6-7H2,1-2H3,(H2,23,29)/t8-,10-,12?,22-/m0/s1. The van der Waals surface area contributed by atoms with Crippen molar-refractivity contribution in [2.24, 2.45) is 17.6 Å². The number of rotatable bonds is 2. The predicted molar refractivity (Wildman–Crippen MR) is 105 cm³/mol. The van der Waals surface area contributed by atoms with E-state index in [1.165, 1.54) is 0 Å². The molecule has 1 unspecified atom stereocenters. The van der Waals surface area contributed by atoms with Crippen LogP contribution in [0.5, 0.6) is 5.75 Å². The van der Waals surface area contributed by atoms with Gasteiger partial charge in [-0.1, -0.05) is 26.0 Å². The maximum atomic E-state index is 13.3. The number of ketones is 2. The first kappa shape index (κ1) is 20.2. The van der Waals surface area contributed by atoms with E-state index in [-0.39, 0.29) is 35.6 Å². The van der Waals surface area contributed by atoms with Crippen molar-refractivity contribution in [2.45, 2.75) is 44.6 Å². The minimum Gasteiger partial charge on any atom is -0.511 e. The van der Waals surface area contributed by atoms with Gasteiger partial charge in [-0.25, -0.2) is 0 Å². The summed E-state index contributed by atoms with van der Waals surface area (Å²) in [6, 6.07) is 3.53. The topological polar surface area (TPSA) is 158 Å². The van der Waals surface area contributed by atoms with Crippen molar-refractivity contribution in [3.63, 3.8) is 0 Å². The first-order chi connectivity index (χ1) is 14.0. The van der Waals surface area contributed by atoms with Crippen LogP contribution in [0.1, 0.15) is 54.1 Å². The van der Waals surface area contributed by atoms with Crippen LogP contribution in [0.3, 0.4) is 0 Å². The molecular formula is C22H23NO7. The smallest absolute Gasteiger partial charge is 0.255 e. The molecule has 0 fully saturated rings. The molecule has 0 aromatic heterocycles. The second-order valence-corrected chi connectivity index (χ2v) is 8.30. The highest BCUT2D eigenvalue weighted by atomic mass is 16.3. The van der Waals surface area contributed by atoms with Crippen LogP contribution in [0.25, 0.3) is 0 Å². The summed E-state index contributed by atoms with van der Waals surface area (Å²) in [6.45, 7) is 3.67. The monoisotopic (exact) mass is 413 g/mol. The number of phenols is 1. The van der Waals surface area contributed by atoms with Crippen molar-refractivity contribution < 1.29 is 34.8 Å². The summed E-state index contributed by atoms with van der Waals surface area (Å²) in [5.41, 5.74) is 2.98. The average molecular weight is 413 g/mol. The summed E-state index contributed by atoms with van der Waals surface area (Å²) in [4.78, 5) is 37.9. The predicted octanol–water partition coefficient (Wildman–Crippen LogP) is 1.70. The molecule has 0 spiro atoms. The van der Waals surface area contributed by atoms with Gasteiger partial charge >= 0.3 is 0 Å². The molecule has 158 valence electrons. The number of carbonyl (C=O) groups excluding carboxylic acids is 3. The lowest BCUT2D eigenvalue weighted by Crippen LogP contribution is -2.57. The van der Waals surface area contributed by atoms with E-state index >= 15 is 0 Å². The molecule has 0 bridgehead atoms. The third-order valence-corrected chi connectivity index (χ3v) is 6.90. The van der Waals surface area contributed by atoms with Crippen molar-refractivity contribution in [1.82, 2.24) is 0 Å². The highest BCUT2D eigenvalue weighted by Crippen LogP contribution is 2.54. The number of phenolic OH excluding ortho intramolecular Hbond substituents is 1. The van der Waals surface area contributed by atoms with E-state index in [0.717, 1.165) is 0 Å². The second-order valence-electron chi connectivity index (χ2n) is 8.30. The van der Waals surface area contributed by atoms with Crippen LogP contribution in [0, 0.1) is 11.8 Å². The number of allylic oxidation sites excluding steroid dienone is 2. The molecule has 0 heterocycles. The minimum absolute atomic E-state index is 0.0541. The van der Waals surface area contributed by atoms with Gasteiger partial charge in [-0.15, -0.1) is 0 Å². The van der Waals surface area contributed by atoms with Crippen LogP contribution in [0.15, 0.2) is 34.8 Å². The van der Waals surface area contributed by atoms with Gasteiger partial charge in [-0.05, 0) is 35.8 Å². The summed E-state index contributed by atoms with van der Waals surface area (Å²) in [7, 11) is 0. The number of hydrogen-bond acceptors (Lipinski definition) is 7. The Kier molecular flexibility index (Phi) is 4.32. The summed E-state index contributed by atoms with van der Waals surface area (Å²) in [6.07, 6.45) is 0.383. The molecule has 6 N–H and O–H groups in total. The summed E-state index contributed by atoms with van der Waals surface area (Å²) >= 11 is 0. The van der Waals surface area contributed by atoms with Crippen molar-refractivity contribution in [2.75, 3.05) is 0 Å². The number of benzene rings is 1. The Morgan fingerprint density at radius 2 is 1.90 bits per heavy atom. The Labute approximate surface area is 172 Å². The molecule has 8 nitrogen and oxygen atoms in total. The molecule has 1 aromatic rings. The van der Waals surface area contributed by atoms with E-state index in [2.05, 4.69) is 0 Å². The number of hydrogen-bond donors (Lipinski definition) is 5. The number of aliphatic hydroxyl groups is 3. The lowest BCUT2D eigenvalue weighted by atomic mass is 9.58. The number of aliphatic hydroxyl groups excluding tert-OH is 2. The van der Waals surface area contributed by atoms with Crippen LogP contribution in [0.4, 0.5) is 0 Å². The maximum Gasteiger partial charge on any atom is 0.255 e. The largest absolute Gasteiger partial charge is 0.511 e. The van der Waals surface area contributed by atoms with E-state index < -0.39 is 52.0 Å². The Morgan fingerprint density at radius 1 is 1.23 bits per heavy atom. The molecule has 30 heavy (non-hydrogen) atoms. The highest BCUT2D eigenvalue weighted by molar-refractivity contribution is 6.24. The molecule has 0 radical (unpaired) electrons. The lowest BCUT2D eigenvalue weighted by Gasteiger charge is -2.47. The number of amides is 1. The van der Waals surface area contributed by atoms with E-state index in [9.17, 15) is 34.8 Å². The van der Waals surface area contributed by atoms with Gasteiger partial charge < -0.3 is 26.2 Å². The summed E-state index contributed by atoms with van der Waals surface area (Å²) in [5, 5.41) is 43.0. The number of primary amides is 1. The van der Waals surface area contributed by atoms with Crippen molar-refractivity contribution >= 4 is 17.5 Å². The van der Waals surface area contributed by atoms with E-state index in [1.807, 2.05) is 13.8 Å². The Balaban J connectivity index is 1.95. The Hall–Kier alpha value is -3.13. The molecule has 1 amide bonds. The van der Waals surface area contributed by atoms with Crippen molar-refractivity contribution in [3.8, 4) is 5.75 Å². The molecule has 3 aliphatic rings. The van der Waals surface area contributed by atoms with Gasteiger partial charge in [0.25, 0.3) is 5.91 Å². The van der Waals surface area contributed by atoms with Crippen LogP contribution < -0.4 is 5.73 Å². The first-order valence-corrected chi connectivity index (χ1v) is 9.87. The molecule has 0 saturated heterocycles. The molecule has 8 heteroatoms. The van der Waals surface area contributed by atoms with Crippen LogP contribution in [0.2, 0.25) is 0 Å². The fraction of sp³-hybridized carbons (Fsp3) is 0.409. The number of fused-ring (bicyclic) bond motifs is 3. The number of Topliss-reactive ketones (excluding diaryl/α,β-unsaturated/α-hetero) is 2. The Morgan fingerprint density at radius 3 is 2.50 bits per heavy atom. The van der Waals surface area contributed by atoms with Gasteiger partial charge in [-0.2, -0.15) is 0 Å². The van der Waals surface area contributed by atoms with E-state index in [0.29, 0.717) is 17.5 Å². The van der Waals surface area contributed by atoms with Gasteiger partial charge in [0.15, 0.2) is 11.4 Å². The van der Waals surface area contributed by atoms with Gasteiger partial charge in [0.05, 0.1) is 5.56 Å². The van der Waals surface area contributed by atoms with Crippen molar-refractivity contribution in [3.05, 3.63) is 51.5 Å². The number of nitrogens with two attached hydrogens (primary N) is 1. The van der Waals surface area contributed by atoms with Gasteiger partial charge in [0.1, 0.15) is 22.8 Å². The molecule has 0 aliphatic heterocycles. The zero-order chi connectivity index (χ0) is 22.1. The zero-order valence-corrected chi connectivity index (χ0v) is 16.6. The summed E-state index contributed by atoms with van der Waals surface area (Å²) < 4.78 is 0. The van der Waals surface area contributed by atoms with Crippen molar-refractivity contribution in [1.29, 1.82) is 0 Å². The van der Waals surface area contributed by atoms with Crippen LogP contribution in [-0.4, -0.2) is 43.5 Å². The molecule has 0 saturated carbocycles. The quantitative estimate of drug-likeness (QED) is 0.462. The zero-order valence-electron chi connectivity index (χ0n) is 16.6. The van der Waals surface area contributed by atoms with Gasteiger partial charge in [-0.3, -0.25) is 14.4 Å². The summed E-state index contributed by atoms with van der Waals surface area (Å²) in [5.74, 6) is -6.38. The van der Waals surface area contributed by atoms with E-state index in [4.69, 9.17) is 5.73 Å². The second kappa shape index (κ2) is 6.43. The average Bonchev–Trinajstić information content (AvgIpc) is 2.68. The Bertz CT molecular complexity index is 1080. The fourth-order valence-corrected chi connectivity index (χ4v) is 5.24. The number of aryl methyl sites for hydroxylation is 1. The highest BCUT2D eigenvalue weighted by Gasteiger charge is 2.60. The number of aromatic hydroxyl groups is 1. The molecular weight excluding hydrogens is 390 g/mol. The third-order valence-electron chi connectivity index (χ3n) is 6.90. The SMILES string of the molecule is CCc1ccc2c(c1O)C(=O)C1=C(O)[C@]3(O)C(=O)C(C(N)=O)=C(O)C[C@@H]3CC1[C@H]2C. The van der Waals surface area contributed by atoms with Crippen LogP contribution >= 0.6 is 0 Å². The molecule has 1 aromatic carbocycles. The van der Waals surface area contributed by atoms with Gasteiger partial charge in [0, 0.05) is 17.9 Å². The van der Waals surface area contributed by atoms with Gasteiger partial charge in [0.2, 0.25) is 5.78 Å². The maximum absolute atomic E-state index is 13.3. The number of carbonyl (C=O) groups is 3. The molecule has 3 aliphatic carbocycles. The minimum atomic E-state index is -2.53. The molecule has 4 rings (SSSR count).